The Labute approximate surface area is 177 Å². The minimum Gasteiger partial charge on any atom is -0.342 e. The Hall–Kier alpha value is -3.13. The number of aromatic nitrogens is 2. The molecule has 2 aromatic carbocycles. The lowest BCUT2D eigenvalue weighted by molar-refractivity contribution is -0.128. The summed E-state index contributed by atoms with van der Waals surface area (Å²) in [5.41, 5.74) is 2.08. The van der Waals surface area contributed by atoms with Crippen LogP contribution < -0.4 is 5.32 Å². The SMILES string of the molecule is O=C(Nc1nnc(Cc2ccccc2)s1)[C@H]1CC(=O)N(CCc2ccc(F)cc2)C1. The topological polar surface area (TPSA) is 75.2 Å². The fourth-order valence-corrected chi connectivity index (χ4v) is 4.21. The Morgan fingerprint density at radius 3 is 2.63 bits per heavy atom. The molecular formula is C22H21FN4O2S. The van der Waals surface area contributed by atoms with Gasteiger partial charge in [0.15, 0.2) is 0 Å². The fourth-order valence-electron chi connectivity index (χ4n) is 3.43. The summed E-state index contributed by atoms with van der Waals surface area (Å²) in [4.78, 5) is 26.6. The lowest BCUT2D eigenvalue weighted by Gasteiger charge is -2.16. The highest BCUT2D eigenvalue weighted by Crippen LogP contribution is 2.23. The van der Waals surface area contributed by atoms with Gasteiger partial charge in [-0.3, -0.25) is 9.59 Å². The molecular weight excluding hydrogens is 403 g/mol. The molecule has 1 N–H and O–H groups in total. The minimum atomic E-state index is -0.410. The zero-order valence-electron chi connectivity index (χ0n) is 16.3. The van der Waals surface area contributed by atoms with Gasteiger partial charge in [0.05, 0.1) is 5.92 Å². The summed E-state index contributed by atoms with van der Waals surface area (Å²) >= 11 is 1.34. The zero-order valence-corrected chi connectivity index (χ0v) is 17.1. The van der Waals surface area contributed by atoms with Gasteiger partial charge in [-0.2, -0.15) is 0 Å². The van der Waals surface area contributed by atoms with Crippen LogP contribution in [0.5, 0.6) is 0 Å². The standard InChI is InChI=1S/C22H21FN4O2S/c23-18-8-6-15(7-9-18)10-11-27-14-17(13-20(27)28)21(29)24-22-26-25-19(30-22)12-16-4-2-1-3-5-16/h1-9,17H,10-14H2,(H,24,26,29)/t17-/m0/s1. The van der Waals surface area contributed by atoms with E-state index in [2.05, 4.69) is 15.5 Å². The van der Waals surface area contributed by atoms with E-state index < -0.39 is 5.92 Å². The van der Waals surface area contributed by atoms with Crippen molar-refractivity contribution in [3.05, 3.63) is 76.5 Å². The summed E-state index contributed by atoms with van der Waals surface area (Å²) in [5, 5.41) is 12.3. The van der Waals surface area contributed by atoms with E-state index in [1.54, 1.807) is 17.0 Å². The van der Waals surface area contributed by atoms with Crippen molar-refractivity contribution >= 4 is 28.3 Å². The molecule has 8 heteroatoms. The summed E-state index contributed by atoms with van der Waals surface area (Å²) in [6.07, 6.45) is 1.47. The minimum absolute atomic E-state index is 0.0423. The quantitative estimate of drug-likeness (QED) is 0.632. The molecule has 2 amide bonds. The van der Waals surface area contributed by atoms with Gasteiger partial charge in [0.2, 0.25) is 16.9 Å². The van der Waals surface area contributed by atoms with E-state index >= 15 is 0 Å². The number of rotatable bonds is 7. The van der Waals surface area contributed by atoms with Crippen LogP contribution in [0.15, 0.2) is 54.6 Å². The summed E-state index contributed by atoms with van der Waals surface area (Å²) in [5.74, 6) is -0.946. The van der Waals surface area contributed by atoms with Gasteiger partial charge in [0, 0.05) is 25.9 Å². The van der Waals surface area contributed by atoms with Crippen molar-refractivity contribution in [2.45, 2.75) is 19.3 Å². The summed E-state index contributed by atoms with van der Waals surface area (Å²) in [6.45, 7) is 0.885. The first-order chi connectivity index (χ1) is 14.6. The molecule has 154 valence electrons. The number of hydrogen-bond acceptors (Lipinski definition) is 5. The van der Waals surface area contributed by atoms with E-state index in [1.165, 1.54) is 23.5 Å². The van der Waals surface area contributed by atoms with Crippen LogP contribution in [0, 0.1) is 11.7 Å². The second-order valence-electron chi connectivity index (χ2n) is 7.27. The summed E-state index contributed by atoms with van der Waals surface area (Å²) in [6, 6.07) is 16.2. The monoisotopic (exact) mass is 424 g/mol. The number of carbonyl (C=O) groups is 2. The number of anilines is 1. The second kappa shape index (κ2) is 9.13. The number of halogens is 1. The molecule has 0 saturated carbocycles. The van der Waals surface area contributed by atoms with Crippen molar-refractivity contribution < 1.29 is 14.0 Å². The third-order valence-electron chi connectivity index (χ3n) is 5.06. The second-order valence-corrected chi connectivity index (χ2v) is 8.33. The van der Waals surface area contributed by atoms with Gasteiger partial charge in [0.1, 0.15) is 10.8 Å². The van der Waals surface area contributed by atoms with Crippen molar-refractivity contribution in [1.29, 1.82) is 0 Å². The van der Waals surface area contributed by atoms with E-state index in [4.69, 9.17) is 0 Å². The number of nitrogens with zero attached hydrogens (tertiary/aromatic N) is 3. The maximum absolute atomic E-state index is 13.0. The van der Waals surface area contributed by atoms with Gasteiger partial charge >= 0.3 is 0 Å². The third kappa shape index (κ3) is 5.07. The molecule has 6 nitrogen and oxygen atoms in total. The first-order valence-corrected chi connectivity index (χ1v) is 10.6. The number of benzene rings is 2. The lowest BCUT2D eigenvalue weighted by Crippen LogP contribution is -2.30. The molecule has 0 unspecified atom stereocenters. The van der Waals surface area contributed by atoms with E-state index in [9.17, 15) is 14.0 Å². The molecule has 1 aliphatic heterocycles. The van der Waals surface area contributed by atoms with Crippen LogP contribution in [-0.2, 0) is 22.4 Å². The molecule has 1 fully saturated rings. The van der Waals surface area contributed by atoms with Crippen LogP contribution in [-0.4, -0.2) is 40.0 Å². The van der Waals surface area contributed by atoms with Crippen LogP contribution in [0.2, 0.25) is 0 Å². The molecule has 0 spiro atoms. The lowest BCUT2D eigenvalue weighted by atomic mass is 10.1. The average molecular weight is 425 g/mol. The highest BCUT2D eigenvalue weighted by atomic mass is 32.1. The van der Waals surface area contributed by atoms with Gasteiger partial charge in [0.25, 0.3) is 0 Å². The smallest absolute Gasteiger partial charge is 0.231 e. The largest absolute Gasteiger partial charge is 0.342 e. The van der Waals surface area contributed by atoms with E-state index in [0.717, 1.165) is 16.1 Å². The van der Waals surface area contributed by atoms with E-state index in [0.29, 0.717) is 31.1 Å². The normalized spacial score (nSPS) is 16.1. The summed E-state index contributed by atoms with van der Waals surface area (Å²) < 4.78 is 13.0. The van der Waals surface area contributed by atoms with Crippen molar-refractivity contribution in [3.8, 4) is 0 Å². The van der Waals surface area contributed by atoms with E-state index in [1.807, 2.05) is 30.3 Å². The highest BCUT2D eigenvalue weighted by molar-refractivity contribution is 7.15. The summed E-state index contributed by atoms with van der Waals surface area (Å²) in [7, 11) is 0. The van der Waals surface area contributed by atoms with Crippen LogP contribution in [0.25, 0.3) is 0 Å². The van der Waals surface area contributed by atoms with Crippen molar-refractivity contribution in [2.24, 2.45) is 5.92 Å². The third-order valence-corrected chi connectivity index (χ3v) is 5.90. The van der Waals surface area contributed by atoms with Gasteiger partial charge in [-0.25, -0.2) is 4.39 Å². The Morgan fingerprint density at radius 2 is 1.87 bits per heavy atom. The predicted octanol–water partition coefficient (Wildman–Crippen LogP) is 3.30. The van der Waals surface area contributed by atoms with Crippen LogP contribution in [0.1, 0.15) is 22.6 Å². The number of nitrogens with one attached hydrogen (secondary N) is 1. The number of amides is 2. The molecule has 0 bridgehead atoms. The Balaban J connectivity index is 1.29. The molecule has 4 rings (SSSR count). The van der Waals surface area contributed by atoms with Gasteiger partial charge < -0.3 is 10.2 Å². The zero-order chi connectivity index (χ0) is 20.9. The van der Waals surface area contributed by atoms with Crippen molar-refractivity contribution in [1.82, 2.24) is 15.1 Å². The Bertz CT molecular complexity index is 1020. The molecule has 1 aliphatic rings. The van der Waals surface area contributed by atoms with Crippen molar-refractivity contribution in [3.63, 3.8) is 0 Å². The fraction of sp³-hybridized carbons (Fsp3) is 0.273. The molecule has 30 heavy (non-hydrogen) atoms. The average Bonchev–Trinajstić information content (AvgIpc) is 3.34. The first kappa shape index (κ1) is 20.2. The molecule has 1 aromatic heterocycles. The molecule has 1 saturated heterocycles. The maximum Gasteiger partial charge on any atom is 0.231 e. The molecule has 0 radical (unpaired) electrons. The van der Waals surface area contributed by atoms with Gasteiger partial charge in [-0.05, 0) is 29.7 Å². The predicted molar refractivity (Wildman–Crippen MR) is 113 cm³/mol. The Kier molecular flexibility index (Phi) is 6.13. The van der Waals surface area contributed by atoms with Gasteiger partial charge in [-0.15, -0.1) is 10.2 Å². The van der Waals surface area contributed by atoms with Crippen LogP contribution in [0.4, 0.5) is 9.52 Å². The van der Waals surface area contributed by atoms with Crippen LogP contribution >= 0.6 is 11.3 Å². The maximum atomic E-state index is 13.0. The number of likely N-dealkylation sites (tertiary alicyclic amines) is 1. The molecule has 1 atom stereocenters. The number of hydrogen-bond donors (Lipinski definition) is 1. The molecule has 0 aliphatic carbocycles. The first-order valence-electron chi connectivity index (χ1n) is 9.76. The number of carbonyl (C=O) groups excluding carboxylic acids is 2. The molecule has 2 heterocycles. The highest BCUT2D eigenvalue weighted by Gasteiger charge is 2.34. The van der Waals surface area contributed by atoms with E-state index in [-0.39, 0.29) is 24.1 Å². The van der Waals surface area contributed by atoms with Crippen molar-refractivity contribution in [2.75, 3.05) is 18.4 Å². The van der Waals surface area contributed by atoms with Gasteiger partial charge in [-0.1, -0.05) is 53.8 Å². The Morgan fingerprint density at radius 1 is 1.10 bits per heavy atom. The molecule has 3 aromatic rings. The van der Waals surface area contributed by atoms with Crippen LogP contribution in [0.3, 0.4) is 0 Å².